The number of benzene rings is 5. The number of anilines is 6. The summed E-state index contributed by atoms with van der Waals surface area (Å²) in [5.74, 6) is 1.28. The second-order valence-electron chi connectivity index (χ2n) is 12.5. The molecule has 0 unspecified atom stereocenters. The fourth-order valence-electron chi connectivity index (χ4n) is 6.44. The summed E-state index contributed by atoms with van der Waals surface area (Å²) in [4.78, 5) is 12.1. The van der Waals surface area contributed by atoms with Crippen LogP contribution < -0.4 is 15.0 Å². The molecule has 0 spiro atoms. The number of para-hydroxylation sites is 4. The van der Waals surface area contributed by atoms with Crippen molar-refractivity contribution in [3.63, 3.8) is 0 Å². The van der Waals surface area contributed by atoms with Crippen LogP contribution in [0.25, 0.3) is 27.6 Å². The molecule has 0 bridgehead atoms. The molecule has 1 aliphatic rings. The number of fused-ring (bicyclic) bond motifs is 4. The molecule has 0 radical (unpaired) electrons. The first kappa shape index (κ1) is 31.7. The van der Waals surface area contributed by atoms with E-state index in [0.717, 1.165) is 56.4 Å². The molecule has 7 heteroatoms. The first-order valence-electron chi connectivity index (χ1n) is 16.2. The quantitative estimate of drug-likeness (QED) is 0.119. The Kier molecular flexibility index (Phi) is 8.55. The average Bonchev–Trinajstić information content (AvgIpc) is 3.66. The molecule has 0 saturated carbocycles. The van der Waals surface area contributed by atoms with Crippen molar-refractivity contribution in [2.24, 2.45) is 0 Å². The predicted molar refractivity (Wildman–Crippen MR) is 193 cm³/mol. The molecule has 7 aromatic rings. The van der Waals surface area contributed by atoms with E-state index in [4.69, 9.17) is 9.92 Å². The molecule has 0 atom stereocenters. The van der Waals surface area contributed by atoms with E-state index in [9.17, 15) is 0 Å². The van der Waals surface area contributed by atoms with E-state index in [-0.39, 0.29) is 27.1 Å². The third-order valence-electron chi connectivity index (χ3n) is 8.75. The molecule has 242 valence electrons. The minimum absolute atomic E-state index is 0. The van der Waals surface area contributed by atoms with Crippen LogP contribution in [-0.4, -0.2) is 20.5 Å². The molecule has 8 rings (SSSR count). The molecule has 0 saturated heterocycles. The Hall–Kier alpha value is -4.90. The van der Waals surface area contributed by atoms with Crippen molar-refractivity contribution in [1.29, 1.82) is 0 Å². The Balaban J connectivity index is 0.00000364. The predicted octanol–water partition coefficient (Wildman–Crippen LogP) is 10.6. The van der Waals surface area contributed by atoms with Crippen LogP contribution in [0.5, 0.6) is 0 Å². The van der Waals surface area contributed by atoms with E-state index in [2.05, 4.69) is 170 Å². The van der Waals surface area contributed by atoms with E-state index in [1.165, 1.54) is 10.9 Å². The van der Waals surface area contributed by atoms with Crippen LogP contribution in [0, 0.1) is 12.1 Å². The number of hydrogen-bond acceptors (Lipinski definition) is 4. The van der Waals surface area contributed by atoms with E-state index in [0.29, 0.717) is 5.92 Å². The molecule has 0 amide bonds. The van der Waals surface area contributed by atoms with Gasteiger partial charge in [-0.1, -0.05) is 79.3 Å². The Morgan fingerprint density at radius 3 is 2.21 bits per heavy atom. The van der Waals surface area contributed by atoms with Crippen molar-refractivity contribution in [3.05, 3.63) is 145 Å². The zero-order valence-electron chi connectivity index (χ0n) is 27.3. The summed E-state index contributed by atoms with van der Waals surface area (Å²) >= 11 is 0. The first-order chi connectivity index (χ1) is 23.0. The first-order valence-corrected chi connectivity index (χ1v) is 16.2. The van der Waals surface area contributed by atoms with Gasteiger partial charge in [0, 0.05) is 44.2 Å². The molecule has 5 aromatic carbocycles. The molecule has 48 heavy (non-hydrogen) atoms. The summed E-state index contributed by atoms with van der Waals surface area (Å²) in [6.45, 7) is 8.74. The van der Waals surface area contributed by atoms with Gasteiger partial charge in [0.15, 0.2) is 0 Å². The zero-order chi connectivity index (χ0) is 32.1. The van der Waals surface area contributed by atoms with Gasteiger partial charge < -0.3 is 9.47 Å². The minimum atomic E-state index is 0. The Morgan fingerprint density at radius 2 is 1.42 bits per heavy atom. The second kappa shape index (κ2) is 13.0. The van der Waals surface area contributed by atoms with Gasteiger partial charge in [-0.15, -0.1) is 45.8 Å². The van der Waals surface area contributed by atoms with Gasteiger partial charge in [-0.2, -0.15) is 17.1 Å². The van der Waals surface area contributed by atoms with Gasteiger partial charge in [0.2, 0.25) is 0 Å². The minimum Gasteiger partial charge on any atom is -0.358 e. The van der Waals surface area contributed by atoms with Crippen molar-refractivity contribution in [3.8, 4) is 5.82 Å². The van der Waals surface area contributed by atoms with Gasteiger partial charge in [0.05, 0.1) is 6.04 Å². The van der Waals surface area contributed by atoms with Crippen molar-refractivity contribution >= 4 is 55.9 Å². The average molecular weight is 810 g/mol. The Morgan fingerprint density at radius 1 is 0.688 bits per heavy atom. The van der Waals surface area contributed by atoms with Crippen molar-refractivity contribution < 1.29 is 26.0 Å². The third kappa shape index (κ3) is 5.45. The topological polar surface area (TPSA) is 40.3 Å². The largest absolute Gasteiger partial charge is 0.358 e. The van der Waals surface area contributed by atoms with Crippen LogP contribution in [0.3, 0.4) is 0 Å². The Bertz CT molecular complexity index is 2230. The van der Waals surface area contributed by atoms with E-state index in [1.807, 2.05) is 17.3 Å². The van der Waals surface area contributed by atoms with Crippen LogP contribution in [0.15, 0.2) is 128 Å². The molecule has 1 N–H and O–H groups in total. The number of nitrogens with zero attached hydrogens (tertiary/aromatic N) is 5. The SMILES string of the molecule is CC(C)c1ccnc(-n2c3[c-]c(N(c4[c-]c(N5[OH+]N(C(C)C)c6ccccc65)ccc4)c4ccccc4)ccc3c3ccccc32)c1.[Pt]. The van der Waals surface area contributed by atoms with E-state index < -0.39 is 0 Å². The normalized spacial score (nSPS) is 12.6. The second-order valence-corrected chi connectivity index (χ2v) is 12.5. The van der Waals surface area contributed by atoms with Crippen molar-refractivity contribution in [2.75, 3.05) is 15.0 Å². The fourth-order valence-corrected chi connectivity index (χ4v) is 6.44. The van der Waals surface area contributed by atoms with Crippen LogP contribution in [0.4, 0.5) is 34.1 Å². The van der Waals surface area contributed by atoms with Gasteiger partial charge in [-0.3, -0.25) is 0 Å². The maximum Gasteiger partial charge on any atom is 0.145 e. The maximum absolute atomic E-state index is 5.00. The van der Waals surface area contributed by atoms with Gasteiger partial charge >= 0.3 is 0 Å². The van der Waals surface area contributed by atoms with Crippen molar-refractivity contribution in [1.82, 2.24) is 9.55 Å². The van der Waals surface area contributed by atoms with Crippen LogP contribution in [0.1, 0.15) is 39.2 Å². The number of hydroxylamine groups is 1. The van der Waals surface area contributed by atoms with E-state index >= 15 is 0 Å². The number of pyridine rings is 1. The van der Waals surface area contributed by atoms with Crippen molar-refractivity contribution in [2.45, 2.75) is 39.7 Å². The van der Waals surface area contributed by atoms with Gasteiger partial charge in [0.1, 0.15) is 17.2 Å². The monoisotopic (exact) mass is 809 g/mol. The fraction of sp³-hybridized carbons (Fsp3) is 0.146. The van der Waals surface area contributed by atoms with Gasteiger partial charge in [-0.25, -0.2) is 4.98 Å². The molecule has 2 aromatic heterocycles. The van der Waals surface area contributed by atoms with Gasteiger partial charge in [-0.05, 0) is 73.2 Å². The molecular weight excluding hydrogens is 774 g/mol. The standard InChI is InChI=1S/C41H35N5O.Pt/c1-28(2)30-23-24-42-41(25-30)44-37-18-9-8-17-35(37)36-22-21-33(27-40(36)44)43(31-13-6-5-7-14-31)32-15-12-16-34(26-32)46-39-20-11-10-19-38(39)45(47-46)29(3)4;/h5-25,28-29H,1-4H3;/q-2;/p+1. The Labute approximate surface area is 296 Å². The number of rotatable bonds is 7. The third-order valence-corrected chi connectivity index (χ3v) is 8.75. The van der Waals surface area contributed by atoms with Crippen LogP contribution in [-0.2, 0) is 21.1 Å². The summed E-state index contributed by atoms with van der Waals surface area (Å²) in [5, 5.41) is 6.35. The summed E-state index contributed by atoms with van der Waals surface area (Å²) in [5.41, 5.74) is 9.13. The summed E-state index contributed by atoms with van der Waals surface area (Å²) in [6.07, 6.45) is 1.91. The zero-order valence-corrected chi connectivity index (χ0v) is 29.6. The molecule has 0 fully saturated rings. The van der Waals surface area contributed by atoms with Gasteiger partial charge in [0.25, 0.3) is 0 Å². The summed E-state index contributed by atoms with van der Waals surface area (Å²) in [6, 6.07) is 49.9. The maximum atomic E-state index is 5.00. The number of aromatic nitrogens is 2. The van der Waals surface area contributed by atoms with Crippen LogP contribution >= 0.6 is 0 Å². The molecular formula is C41H36N5OPt-. The molecule has 0 aliphatic carbocycles. The smallest absolute Gasteiger partial charge is 0.145 e. The summed E-state index contributed by atoms with van der Waals surface area (Å²) in [7, 11) is 0. The molecule has 1 aliphatic heterocycles. The summed E-state index contributed by atoms with van der Waals surface area (Å²) < 4.78 is 2.24. The number of hydrogen-bond donors (Lipinski definition) is 0. The molecule has 6 nitrogen and oxygen atoms in total. The molecule has 3 heterocycles. The van der Waals surface area contributed by atoms with Crippen LogP contribution in [0.2, 0.25) is 0 Å². The van der Waals surface area contributed by atoms with E-state index in [1.54, 1.807) is 0 Å².